The van der Waals surface area contributed by atoms with E-state index >= 15 is 0 Å². The fourth-order valence-corrected chi connectivity index (χ4v) is 4.14. The summed E-state index contributed by atoms with van der Waals surface area (Å²) in [6.07, 6.45) is -3.35. The molecule has 10 heteroatoms. The van der Waals surface area contributed by atoms with Gasteiger partial charge in [0.2, 0.25) is 0 Å². The third kappa shape index (κ3) is 5.31. The van der Waals surface area contributed by atoms with Crippen LogP contribution in [-0.4, -0.2) is 25.8 Å². The highest BCUT2D eigenvalue weighted by Gasteiger charge is 2.31. The summed E-state index contributed by atoms with van der Waals surface area (Å²) in [5.41, 5.74) is 1.91. The Labute approximate surface area is 172 Å². The van der Waals surface area contributed by atoms with Crippen LogP contribution in [0.15, 0.2) is 71.8 Å². The average Bonchev–Trinajstić information content (AvgIpc) is 3.07. The zero-order valence-electron chi connectivity index (χ0n) is 15.2. The van der Waals surface area contributed by atoms with Gasteiger partial charge < -0.3 is 10.1 Å². The molecule has 0 aliphatic heterocycles. The number of nitrogens with zero attached hydrogens (tertiary/aromatic N) is 1. The summed E-state index contributed by atoms with van der Waals surface area (Å²) in [6, 6.07) is 14.8. The maximum Gasteiger partial charge on any atom is 0.573 e. The molecule has 29 heavy (non-hydrogen) atoms. The predicted octanol–water partition coefficient (Wildman–Crippen LogP) is 4.43. The molecule has 0 bridgehead atoms. The minimum atomic E-state index is -4.84. The van der Waals surface area contributed by atoms with Crippen molar-refractivity contribution < 1.29 is 26.3 Å². The van der Waals surface area contributed by atoms with Gasteiger partial charge in [0.1, 0.15) is 5.75 Å². The van der Waals surface area contributed by atoms with Crippen LogP contribution in [0.1, 0.15) is 5.56 Å². The zero-order valence-corrected chi connectivity index (χ0v) is 16.8. The Morgan fingerprint density at radius 2 is 1.66 bits per heavy atom. The van der Waals surface area contributed by atoms with Crippen LogP contribution in [0.25, 0.3) is 11.3 Å². The second-order valence-corrected chi connectivity index (χ2v) is 7.76. The highest BCUT2D eigenvalue weighted by molar-refractivity contribution is 7.90. The summed E-state index contributed by atoms with van der Waals surface area (Å²) < 4.78 is 68.1. The summed E-state index contributed by atoms with van der Waals surface area (Å²) in [5, 5.41) is 2.97. The SMILES string of the molecule is CNCc1cc(-c2ccccc2)n(S(=O)(=O)c2ccc(OC(F)(F)F)cc2)c1.Cl. The van der Waals surface area contributed by atoms with Gasteiger partial charge in [-0.2, -0.15) is 0 Å². The van der Waals surface area contributed by atoms with E-state index in [0.29, 0.717) is 17.8 Å². The first-order valence-corrected chi connectivity index (χ1v) is 9.67. The van der Waals surface area contributed by atoms with E-state index in [2.05, 4.69) is 10.1 Å². The minimum Gasteiger partial charge on any atom is -0.406 e. The number of aromatic nitrogens is 1. The van der Waals surface area contributed by atoms with Gasteiger partial charge in [-0.05, 0) is 48.5 Å². The van der Waals surface area contributed by atoms with Crippen molar-refractivity contribution in [3.05, 3.63) is 72.4 Å². The van der Waals surface area contributed by atoms with Crippen LogP contribution in [0.2, 0.25) is 0 Å². The topological polar surface area (TPSA) is 60.3 Å². The molecular formula is C19H18ClF3N2O3S. The normalized spacial score (nSPS) is 11.7. The van der Waals surface area contributed by atoms with E-state index in [-0.39, 0.29) is 17.3 Å². The molecule has 0 amide bonds. The highest BCUT2D eigenvalue weighted by atomic mass is 35.5. The Morgan fingerprint density at radius 1 is 1.03 bits per heavy atom. The first kappa shape index (κ1) is 22.8. The fraction of sp³-hybridized carbons (Fsp3) is 0.158. The zero-order chi connectivity index (χ0) is 20.4. The van der Waals surface area contributed by atoms with Crippen molar-refractivity contribution in [1.82, 2.24) is 9.29 Å². The summed E-state index contributed by atoms with van der Waals surface area (Å²) in [6.45, 7) is 0.459. The molecule has 0 unspecified atom stereocenters. The summed E-state index contributed by atoms with van der Waals surface area (Å²) in [7, 11) is -2.28. The van der Waals surface area contributed by atoms with Crippen molar-refractivity contribution >= 4 is 22.4 Å². The third-order valence-electron chi connectivity index (χ3n) is 3.91. The van der Waals surface area contributed by atoms with Crippen LogP contribution in [0.5, 0.6) is 5.75 Å². The number of rotatable bonds is 6. The van der Waals surface area contributed by atoms with Crippen molar-refractivity contribution in [2.24, 2.45) is 0 Å². The number of alkyl halides is 3. The van der Waals surface area contributed by atoms with Crippen molar-refractivity contribution in [2.45, 2.75) is 17.8 Å². The van der Waals surface area contributed by atoms with Gasteiger partial charge in [-0.3, -0.25) is 0 Å². The second-order valence-electron chi connectivity index (χ2n) is 5.95. The lowest BCUT2D eigenvalue weighted by Crippen LogP contribution is -2.17. The van der Waals surface area contributed by atoms with Crippen LogP contribution in [0, 0.1) is 0 Å². The Balaban J connectivity index is 0.00000300. The molecule has 0 fully saturated rings. The number of hydrogen-bond acceptors (Lipinski definition) is 4. The van der Waals surface area contributed by atoms with E-state index in [1.807, 2.05) is 6.07 Å². The fourth-order valence-electron chi connectivity index (χ4n) is 2.74. The van der Waals surface area contributed by atoms with Crippen molar-refractivity contribution in [3.63, 3.8) is 0 Å². The lowest BCUT2D eigenvalue weighted by atomic mass is 10.1. The van der Waals surface area contributed by atoms with Crippen LogP contribution >= 0.6 is 12.4 Å². The smallest absolute Gasteiger partial charge is 0.406 e. The number of benzene rings is 2. The molecule has 1 heterocycles. The van der Waals surface area contributed by atoms with Crippen molar-refractivity contribution in [1.29, 1.82) is 0 Å². The van der Waals surface area contributed by atoms with Gasteiger partial charge in [0.25, 0.3) is 10.0 Å². The third-order valence-corrected chi connectivity index (χ3v) is 5.60. The van der Waals surface area contributed by atoms with Gasteiger partial charge in [0.15, 0.2) is 0 Å². The van der Waals surface area contributed by atoms with Gasteiger partial charge in [0.05, 0.1) is 10.6 Å². The number of nitrogens with one attached hydrogen (secondary N) is 1. The molecule has 3 rings (SSSR count). The Kier molecular flexibility index (Phi) is 6.99. The molecule has 0 saturated carbocycles. The number of ether oxygens (including phenoxy) is 1. The molecule has 3 aromatic rings. The molecule has 156 valence electrons. The first-order valence-electron chi connectivity index (χ1n) is 8.23. The van der Waals surface area contributed by atoms with E-state index in [1.165, 1.54) is 6.20 Å². The largest absolute Gasteiger partial charge is 0.573 e. The number of hydrogen-bond donors (Lipinski definition) is 1. The Hall–Kier alpha value is -2.49. The van der Waals surface area contributed by atoms with Crippen LogP contribution in [-0.2, 0) is 16.6 Å². The standard InChI is InChI=1S/C19H17F3N2O3S.ClH/c1-23-12-14-11-18(15-5-3-2-4-6-15)24(13-14)28(25,26)17-9-7-16(8-10-17)27-19(20,21)22;/h2-11,13,23H,12H2,1H3;1H. The van der Waals surface area contributed by atoms with Crippen LogP contribution < -0.4 is 10.1 Å². The van der Waals surface area contributed by atoms with Crippen molar-refractivity contribution in [3.8, 4) is 17.0 Å². The summed E-state index contributed by atoms with van der Waals surface area (Å²) in [5.74, 6) is -0.488. The van der Waals surface area contributed by atoms with Gasteiger partial charge in [-0.25, -0.2) is 12.4 Å². The first-order chi connectivity index (χ1) is 13.2. The van der Waals surface area contributed by atoms with E-state index in [0.717, 1.165) is 33.8 Å². The molecule has 0 saturated heterocycles. The van der Waals surface area contributed by atoms with Crippen LogP contribution in [0.3, 0.4) is 0 Å². The van der Waals surface area contributed by atoms with Gasteiger partial charge >= 0.3 is 6.36 Å². The van der Waals surface area contributed by atoms with Gasteiger partial charge in [-0.15, -0.1) is 25.6 Å². The monoisotopic (exact) mass is 446 g/mol. The quantitative estimate of drug-likeness (QED) is 0.608. The van der Waals surface area contributed by atoms with E-state index in [9.17, 15) is 21.6 Å². The lowest BCUT2D eigenvalue weighted by Gasteiger charge is -2.12. The average molecular weight is 447 g/mol. The second kappa shape index (κ2) is 8.89. The maximum absolute atomic E-state index is 13.1. The number of halogens is 4. The molecule has 0 atom stereocenters. The molecule has 0 aliphatic carbocycles. The lowest BCUT2D eigenvalue weighted by molar-refractivity contribution is -0.274. The van der Waals surface area contributed by atoms with Gasteiger partial charge in [-0.1, -0.05) is 30.3 Å². The molecule has 1 N–H and O–H groups in total. The summed E-state index contributed by atoms with van der Waals surface area (Å²) in [4.78, 5) is -0.147. The highest BCUT2D eigenvalue weighted by Crippen LogP contribution is 2.29. The summed E-state index contributed by atoms with van der Waals surface area (Å²) >= 11 is 0. The predicted molar refractivity (Wildman–Crippen MR) is 106 cm³/mol. The molecular weight excluding hydrogens is 429 g/mol. The van der Waals surface area contributed by atoms with Crippen molar-refractivity contribution in [2.75, 3.05) is 7.05 Å². The molecule has 0 spiro atoms. The molecule has 0 aliphatic rings. The molecule has 0 radical (unpaired) electrons. The molecule has 5 nitrogen and oxygen atoms in total. The molecule has 1 aromatic heterocycles. The van der Waals surface area contributed by atoms with E-state index in [1.54, 1.807) is 37.4 Å². The molecule has 2 aromatic carbocycles. The van der Waals surface area contributed by atoms with E-state index < -0.39 is 22.1 Å². The van der Waals surface area contributed by atoms with Gasteiger partial charge in [0, 0.05) is 12.7 Å². The maximum atomic E-state index is 13.1. The van der Waals surface area contributed by atoms with E-state index in [4.69, 9.17) is 0 Å². The minimum absolute atomic E-state index is 0. The Morgan fingerprint density at radius 3 is 2.21 bits per heavy atom. The van der Waals surface area contributed by atoms with Crippen LogP contribution in [0.4, 0.5) is 13.2 Å². The Bertz CT molecular complexity index is 1050.